The standard InChI is InChI=1S/C4H8Br2O2/c5-3(1-7)4(6)2-8/h3-4,7-8H,1-2H2/t3-,4-/m1/s1. The Kier molecular flexibility index (Phi) is 5.25. The summed E-state index contributed by atoms with van der Waals surface area (Å²) >= 11 is 6.29. The van der Waals surface area contributed by atoms with Crippen LogP contribution in [0.1, 0.15) is 0 Å². The first-order valence-corrected chi connectivity index (χ1v) is 4.05. The molecule has 0 fully saturated rings. The van der Waals surface area contributed by atoms with Crippen molar-refractivity contribution in [1.82, 2.24) is 0 Å². The first-order valence-electron chi connectivity index (χ1n) is 2.22. The Morgan fingerprint density at radius 1 is 1.00 bits per heavy atom. The molecule has 0 rings (SSSR count). The molecule has 0 unspecified atom stereocenters. The van der Waals surface area contributed by atoms with Crippen LogP contribution < -0.4 is 0 Å². The molecule has 4 heteroatoms. The highest BCUT2D eigenvalue weighted by atomic mass is 79.9. The minimum atomic E-state index is -0.0486. The lowest BCUT2D eigenvalue weighted by Gasteiger charge is -2.09. The van der Waals surface area contributed by atoms with Crippen molar-refractivity contribution < 1.29 is 10.2 Å². The molecule has 2 atom stereocenters. The van der Waals surface area contributed by atoms with E-state index in [9.17, 15) is 0 Å². The van der Waals surface area contributed by atoms with Crippen LogP contribution in [0, 0.1) is 0 Å². The lowest BCUT2D eigenvalue weighted by Crippen LogP contribution is -2.21. The SMILES string of the molecule is OC[C@@H](Br)[C@H](Br)CO. The van der Waals surface area contributed by atoms with Crippen molar-refractivity contribution in [2.75, 3.05) is 13.2 Å². The van der Waals surface area contributed by atoms with Gasteiger partial charge in [-0.15, -0.1) is 0 Å². The summed E-state index contributed by atoms with van der Waals surface area (Å²) in [5.74, 6) is 0. The molecular weight excluding hydrogens is 240 g/mol. The number of aliphatic hydroxyl groups is 2. The molecule has 0 radical (unpaired) electrons. The zero-order valence-electron chi connectivity index (χ0n) is 4.22. The summed E-state index contributed by atoms with van der Waals surface area (Å²) in [6.45, 7) is 0.0763. The summed E-state index contributed by atoms with van der Waals surface area (Å²) in [6, 6.07) is 0. The van der Waals surface area contributed by atoms with Gasteiger partial charge in [0.15, 0.2) is 0 Å². The van der Waals surface area contributed by atoms with Crippen molar-refractivity contribution in [3.63, 3.8) is 0 Å². The highest BCUT2D eigenvalue weighted by Crippen LogP contribution is 2.12. The van der Waals surface area contributed by atoms with Crippen molar-refractivity contribution in [3.8, 4) is 0 Å². The quantitative estimate of drug-likeness (QED) is 0.714. The van der Waals surface area contributed by atoms with Gasteiger partial charge < -0.3 is 10.2 Å². The van der Waals surface area contributed by atoms with Crippen LogP contribution >= 0.6 is 31.9 Å². The van der Waals surface area contributed by atoms with Gasteiger partial charge in [-0.05, 0) is 0 Å². The zero-order chi connectivity index (χ0) is 6.57. The predicted octanol–water partition coefficient (Wildman–Crippen LogP) is 0.498. The molecule has 0 aliphatic heterocycles. The fraction of sp³-hybridized carbons (Fsp3) is 1.00. The van der Waals surface area contributed by atoms with Crippen LogP contribution in [0.5, 0.6) is 0 Å². The predicted molar refractivity (Wildman–Crippen MR) is 39.6 cm³/mol. The van der Waals surface area contributed by atoms with Crippen LogP contribution in [0.4, 0.5) is 0 Å². The summed E-state index contributed by atoms with van der Waals surface area (Å²) in [7, 11) is 0. The highest BCUT2D eigenvalue weighted by molar-refractivity contribution is 9.12. The molecule has 0 saturated carbocycles. The summed E-state index contributed by atoms with van der Waals surface area (Å²) in [5.41, 5.74) is 0. The molecule has 0 aliphatic rings. The Bertz CT molecular complexity index is 52.0. The molecule has 0 saturated heterocycles. The van der Waals surface area contributed by atoms with Gasteiger partial charge in [0.2, 0.25) is 0 Å². The average molecular weight is 248 g/mol. The van der Waals surface area contributed by atoms with E-state index in [0.717, 1.165) is 0 Å². The minimum absolute atomic E-state index is 0.0382. The number of aliphatic hydroxyl groups excluding tert-OH is 2. The fourth-order valence-electron chi connectivity index (χ4n) is 0.229. The fourth-order valence-corrected chi connectivity index (χ4v) is 0.563. The smallest absolute Gasteiger partial charge is 0.0568 e. The van der Waals surface area contributed by atoms with E-state index < -0.39 is 0 Å². The number of hydrogen-bond acceptors (Lipinski definition) is 2. The molecule has 0 spiro atoms. The summed E-state index contributed by atoms with van der Waals surface area (Å²) in [6.07, 6.45) is 0. The number of rotatable bonds is 3. The molecule has 0 aliphatic carbocycles. The van der Waals surface area contributed by atoms with Crippen molar-refractivity contribution in [2.24, 2.45) is 0 Å². The van der Waals surface area contributed by atoms with Gasteiger partial charge >= 0.3 is 0 Å². The third kappa shape index (κ3) is 3.02. The molecular formula is C4H8Br2O2. The molecule has 2 N–H and O–H groups in total. The van der Waals surface area contributed by atoms with E-state index in [0.29, 0.717) is 0 Å². The molecule has 50 valence electrons. The molecule has 0 heterocycles. The van der Waals surface area contributed by atoms with Crippen LogP contribution in [-0.4, -0.2) is 33.1 Å². The maximum absolute atomic E-state index is 8.45. The Morgan fingerprint density at radius 3 is 1.38 bits per heavy atom. The van der Waals surface area contributed by atoms with Crippen molar-refractivity contribution >= 4 is 31.9 Å². The van der Waals surface area contributed by atoms with Crippen molar-refractivity contribution in [1.29, 1.82) is 0 Å². The second kappa shape index (κ2) is 4.73. The number of alkyl halides is 2. The summed E-state index contributed by atoms with van der Waals surface area (Å²) < 4.78 is 0. The third-order valence-electron chi connectivity index (χ3n) is 0.741. The summed E-state index contributed by atoms with van der Waals surface area (Å²) in [4.78, 5) is -0.0972. The van der Waals surface area contributed by atoms with Gasteiger partial charge in [0, 0.05) is 0 Å². The topological polar surface area (TPSA) is 40.5 Å². The average Bonchev–Trinajstić information content (AvgIpc) is 1.84. The summed E-state index contributed by atoms with van der Waals surface area (Å²) in [5, 5.41) is 16.9. The van der Waals surface area contributed by atoms with Gasteiger partial charge in [-0.2, -0.15) is 0 Å². The largest absolute Gasteiger partial charge is 0.395 e. The normalized spacial score (nSPS) is 18.0. The molecule has 8 heavy (non-hydrogen) atoms. The molecule has 2 nitrogen and oxygen atoms in total. The monoisotopic (exact) mass is 246 g/mol. The Hall–Kier alpha value is 0.880. The highest BCUT2D eigenvalue weighted by Gasteiger charge is 2.11. The molecule has 0 aromatic rings. The maximum atomic E-state index is 8.45. The first-order chi connectivity index (χ1) is 3.72. The van der Waals surface area contributed by atoms with Crippen LogP contribution in [0.25, 0.3) is 0 Å². The van der Waals surface area contributed by atoms with Crippen molar-refractivity contribution in [3.05, 3.63) is 0 Å². The molecule has 0 amide bonds. The van der Waals surface area contributed by atoms with Gasteiger partial charge in [-0.3, -0.25) is 0 Å². The van der Waals surface area contributed by atoms with Crippen LogP contribution in [-0.2, 0) is 0 Å². The second-order valence-corrected chi connectivity index (χ2v) is 3.75. The third-order valence-corrected chi connectivity index (χ3v) is 3.31. The number of halogens is 2. The van der Waals surface area contributed by atoms with E-state index in [1.807, 2.05) is 0 Å². The van der Waals surface area contributed by atoms with E-state index >= 15 is 0 Å². The van der Waals surface area contributed by atoms with Crippen LogP contribution in [0.15, 0.2) is 0 Å². The maximum Gasteiger partial charge on any atom is 0.0568 e. The van der Waals surface area contributed by atoms with Gasteiger partial charge in [-0.1, -0.05) is 31.9 Å². The Morgan fingerprint density at radius 2 is 1.25 bits per heavy atom. The van der Waals surface area contributed by atoms with Gasteiger partial charge in [0.25, 0.3) is 0 Å². The molecule has 0 bridgehead atoms. The minimum Gasteiger partial charge on any atom is -0.395 e. The van der Waals surface area contributed by atoms with E-state index in [2.05, 4.69) is 31.9 Å². The Labute approximate surface area is 65.2 Å². The lowest BCUT2D eigenvalue weighted by molar-refractivity contribution is 0.256. The zero-order valence-corrected chi connectivity index (χ0v) is 7.39. The molecule has 0 aromatic heterocycles. The van der Waals surface area contributed by atoms with E-state index in [1.54, 1.807) is 0 Å². The van der Waals surface area contributed by atoms with Crippen molar-refractivity contribution in [2.45, 2.75) is 9.65 Å². The Balaban J connectivity index is 3.29. The van der Waals surface area contributed by atoms with Gasteiger partial charge in [0.1, 0.15) is 0 Å². The molecule has 0 aromatic carbocycles. The van der Waals surface area contributed by atoms with Crippen LogP contribution in [0.2, 0.25) is 0 Å². The van der Waals surface area contributed by atoms with E-state index in [4.69, 9.17) is 10.2 Å². The van der Waals surface area contributed by atoms with E-state index in [-0.39, 0.29) is 22.9 Å². The second-order valence-electron chi connectivity index (χ2n) is 1.40. The number of hydrogen-bond donors (Lipinski definition) is 2. The van der Waals surface area contributed by atoms with Gasteiger partial charge in [0.05, 0.1) is 22.9 Å². The lowest BCUT2D eigenvalue weighted by atomic mass is 10.3. The van der Waals surface area contributed by atoms with Crippen LogP contribution in [0.3, 0.4) is 0 Å². The van der Waals surface area contributed by atoms with Gasteiger partial charge in [-0.25, -0.2) is 0 Å². The van der Waals surface area contributed by atoms with E-state index in [1.165, 1.54) is 0 Å². The first kappa shape index (κ1) is 8.88.